The van der Waals surface area contributed by atoms with Gasteiger partial charge in [-0.2, -0.15) is 0 Å². The number of nitrogens with one attached hydrogen (secondary N) is 1. The van der Waals surface area contributed by atoms with Crippen molar-refractivity contribution in [3.05, 3.63) is 77.9 Å². The van der Waals surface area contributed by atoms with Crippen molar-refractivity contribution in [1.82, 2.24) is 20.1 Å². The van der Waals surface area contributed by atoms with E-state index in [0.29, 0.717) is 6.42 Å². The smallest absolute Gasteiger partial charge is 0.291 e. The van der Waals surface area contributed by atoms with Crippen molar-refractivity contribution in [2.24, 2.45) is 0 Å². The fourth-order valence-corrected chi connectivity index (χ4v) is 2.44. The van der Waals surface area contributed by atoms with E-state index in [1.165, 1.54) is 0 Å². The third-order valence-electron chi connectivity index (χ3n) is 3.50. The first-order chi connectivity index (χ1) is 11.6. The van der Waals surface area contributed by atoms with E-state index in [9.17, 15) is 4.79 Å². The minimum atomic E-state index is -0.256. The molecular weight excluding hydrogens is 300 g/mol. The van der Waals surface area contributed by atoms with Gasteiger partial charge in [-0.25, -0.2) is 9.67 Å². The summed E-state index contributed by atoms with van der Waals surface area (Å²) in [5.74, 6) is 0.675. The van der Waals surface area contributed by atoms with Gasteiger partial charge in [-0.1, -0.05) is 48.5 Å². The van der Waals surface area contributed by atoms with Crippen LogP contribution in [0.4, 0.5) is 0 Å². The minimum Gasteiger partial charge on any atom is -0.347 e. The highest BCUT2D eigenvalue weighted by Crippen LogP contribution is 2.14. The Morgan fingerprint density at radius 1 is 1.04 bits per heavy atom. The summed E-state index contributed by atoms with van der Waals surface area (Å²) in [5, 5.41) is 7.26. The predicted molar refractivity (Wildman–Crippen MR) is 93.2 cm³/mol. The molecular formula is C19H20N4O. The van der Waals surface area contributed by atoms with E-state index in [4.69, 9.17) is 0 Å². The van der Waals surface area contributed by atoms with E-state index >= 15 is 0 Å². The zero-order valence-corrected chi connectivity index (χ0v) is 13.8. The molecule has 1 aromatic heterocycles. The zero-order chi connectivity index (χ0) is 16.9. The van der Waals surface area contributed by atoms with Crippen LogP contribution in [0.3, 0.4) is 0 Å². The molecule has 0 spiro atoms. The Balaban J connectivity index is 1.98. The van der Waals surface area contributed by atoms with Crippen molar-refractivity contribution >= 4 is 5.91 Å². The van der Waals surface area contributed by atoms with E-state index in [1.54, 1.807) is 4.68 Å². The molecule has 0 unspecified atom stereocenters. The molecule has 0 saturated heterocycles. The number of carbonyl (C=O) groups excluding carboxylic acids is 1. The zero-order valence-electron chi connectivity index (χ0n) is 13.8. The molecule has 1 heterocycles. The summed E-state index contributed by atoms with van der Waals surface area (Å²) in [6.07, 6.45) is 0.609. The van der Waals surface area contributed by atoms with Crippen LogP contribution in [-0.2, 0) is 6.42 Å². The Kier molecular flexibility index (Phi) is 4.70. The maximum absolute atomic E-state index is 12.3. The van der Waals surface area contributed by atoms with Gasteiger partial charge in [0.05, 0.1) is 5.69 Å². The summed E-state index contributed by atoms with van der Waals surface area (Å²) in [4.78, 5) is 16.7. The second kappa shape index (κ2) is 7.08. The molecule has 1 N–H and O–H groups in total. The Labute approximate surface area is 141 Å². The van der Waals surface area contributed by atoms with Gasteiger partial charge in [0.25, 0.3) is 5.91 Å². The molecule has 0 aliphatic carbocycles. The lowest BCUT2D eigenvalue weighted by Gasteiger charge is -2.05. The molecule has 0 aliphatic rings. The molecule has 5 heteroatoms. The van der Waals surface area contributed by atoms with Gasteiger partial charge < -0.3 is 5.32 Å². The molecule has 0 radical (unpaired) electrons. The number of hydrogen-bond donors (Lipinski definition) is 1. The van der Waals surface area contributed by atoms with Gasteiger partial charge in [-0.15, -0.1) is 5.10 Å². The predicted octanol–water partition coefficient (Wildman–Crippen LogP) is 3.00. The van der Waals surface area contributed by atoms with E-state index in [0.717, 1.165) is 17.1 Å². The van der Waals surface area contributed by atoms with Crippen LogP contribution in [0.5, 0.6) is 0 Å². The Morgan fingerprint density at radius 3 is 2.29 bits per heavy atom. The highest BCUT2D eigenvalue weighted by molar-refractivity contribution is 5.90. The van der Waals surface area contributed by atoms with Gasteiger partial charge >= 0.3 is 0 Å². The highest BCUT2D eigenvalue weighted by Gasteiger charge is 2.18. The summed E-state index contributed by atoms with van der Waals surface area (Å²) in [6, 6.07) is 19.8. The molecule has 0 aliphatic heterocycles. The molecule has 2 aromatic carbocycles. The average Bonchev–Trinajstić information content (AvgIpc) is 3.00. The monoisotopic (exact) mass is 320 g/mol. The number of benzene rings is 2. The van der Waals surface area contributed by atoms with Crippen molar-refractivity contribution in [2.75, 3.05) is 0 Å². The highest BCUT2D eigenvalue weighted by atomic mass is 16.2. The van der Waals surface area contributed by atoms with E-state index in [2.05, 4.69) is 15.4 Å². The van der Waals surface area contributed by atoms with Gasteiger partial charge in [0.2, 0.25) is 5.82 Å². The molecule has 24 heavy (non-hydrogen) atoms. The summed E-state index contributed by atoms with van der Waals surface area (Å²) in [7, 11) is 0. The number of hydrogen-bond acceptors (Lipinski definition) is 3. The summed E-state index contributed by atoms with van der Waals surface area (Å²) in [5.41, 5.74) is 2.01. The lowest BCUT2D eigenvalue weighted by Crippen LogP contribution is -2.31. The number of para-hydroxylation sites is 1. The van der Waals surface area contributed by atoms with Gasteiger partial charge in [0, 0.05) is 12.5 Å². The third kappa shape index (κ3) is 3.68. The number of nitrogens with zero attached hydrogens (tertiary/aromatic N) is 3. The second-order valence-corrected chi connectivity index (χ2v) is 5.89. The topological polar surface area (TPSA) is 59.8 Å². The van der Waals surface area contributed by atoms with E-state index < -0.39 is 0 Å². The maximum Gasteiger partial charge on any atom is 0.291 e. The summed E-state index contributed by atoms with van der Waals surface area (Å²) >= 11 is 0. The molecule has 0 saturated carbocycles. The number of rotatable bonds is 5. The molecule has 0 bridgehead atoms. The third-order valence-corrected chi connectivity index (χ3v) is 3.50. The van der Waals surface area contributed by atoms with Crippen molar-refractivity contribution in [3.63, 3.8) is 0 Å². The standard InChI is InChI=1S/C19H20N4O/c1-14(2)20-19(24)18-21-17(13-15-9-5-3-6-10-15)23(22-18)16-11-7-4-8-12-16/h3-12,14H,13H2,1-2H3,(H,20,24). The molecule has 3 aromatic rings. The van der Waals surface area contributed by atoms with E-state index in [1.807, 2.05) is 74.5 Å². The SMILES string of the molecule is CC(C)NC(=O)c1nc(Cc2ccccc2)n(-c2ccccc2)n1. The minimum absolute atomic E-state index is 0.0405. The summed E-state index contributed by atoms with van der Waals surface area (Å²) < 4.78 is 1.74. The first-order valence-electron chi connectivity index (χ1n) is 7.99. The van der Waals surface area contributed by atoms with Crippen LogP contribution in [0.1, 0.15) is 35.9 Å². The lowest BCUT2D eigenvalue weighted by molar-refractivity contribution is 0.0932. The van der Waals surface area contributed by atoms with Crippen LogP contribution in [-0.4, -0.2) is 26.7 Å². The largest absolute Gasteiger partial charge is 0.347 e. The summed E-state index contributed by atoms with van der Waals surface area (Å²) in [6.45, 7) is 3.83. The molecule has 0 fully saturated rings. The van der Waals surface area contributed by atoms with Crippen LogP contribution < -0.4 is 5.32 Å². The first kappa shape index (κ1) is 15.9. The fourth-order valence-electron chi connectivity index (χ4n) is 2.44. The van der Waals surface area contributed by atoms with Crippen molar-refractivity contribution in [1.29, 1.82) is 0 Å². The van der Waals surface area contributed by atoms with Crippen molar-refractivity contribution in [3.8, 4) is 5.69 Å². The second-order valence-electron chi connectivity index (χ2n) is 5.89. The van der Waals surface area contributed by atoms with Crippen LogP contribution in [0.2, 0.25) is 0 Å². The van der Waals surface area contributed by atoms with Gasteiger partial charge in [0.15, 0.2) is 0 Å². The van der Waals surface area contributed by atoms with Gasteiger partial charge in [-0.3, -0.25) is 4.79 Å². The first-order valence-corrected chi connectivity index (χ1v) is 7.99. The van der Waals surface area contributed by atoms with E-state index in [-0.39, 0.29) is 17.8 Å². The van der Waals surface area contributed by atoms with Crippen LogP contribution in [0.15, 0.2) is 60.7 Å². The molecule has 0 atom stereocenters. The molecule has 1 amide bonds. The molecule has 5 nitrogen and oxygen atoms in total. The Morgan fingerprint density at radius 2 is 1.67 bits per heavy atom. The lowest BCUT2D eigenvalue weighted by atomic mass is 10.1. The normalized spacial score (nSPS) is 10.8. The Bertz CT molecular complexity index is 810. The van der Waals surface area contributed by atoms with Gasteiger partial charge in [0.1, 0.15) is 5.82 Å². The number of amides is 1. The van der Waals surface area contributed by atoms with Gasteiger partial charge in [-0.05, 0) is 31.5 Å². The maximum atomic E-state index is 12.3. The van der Waals surface area contributed by atoms with Crippen molar-refractivity contribution < 1.29 is 4.79 Å². The fraction of sp³-hybridized carbons (Fsp3) is 0.211. The molecule has 3 rings (SSSR count). The van der Waals surface area contributed by atoms with Crippen molar-refractivity contribution in [2.45, 2.75) is 26.3 Å². The number of aromatic nitrogens is 3. The van der Waals surface area contributed by atoms with Crippen LogP contribution in [0.25, 0.3) is 5.69 Å². The number of carbonyl (C=O) groups is 1. The van der Waals surface area contributed by atoms with Crippen LogP contribution in [0, 0.1) is 0 Å². The molecule has 122 valence electrons. The quantitative estimate of drug-likeness (QED) is 0.786. The average molecular weight is 320 g/mol. The van der Waals surface area contributed by atoms with Crippen LogP contribution >= 0.6 is 0 Å². The Hall–Kier alpha value is -2.95.